The smallest absolute Gasteiger partial charge is 0.407 e. The van der Waals surface area contributed by atoms with Crippen LogP contribution in [-0.2, 0) is 57.3 Å². The lowest BCUT2D eigenvalue weighted by atomic mass is 9.85. The molecule has 0 aliphatic carbocycles. The monoisotopic (exact) mass is 1750 g/mol. The number of nitrogens with one attached hydrogen (secondary N) is 8. The van der Waals surface area contributed by atoms with Crippen LogP contribution in [0.15, 0.2) is 158 Å². The minimum Gasteiger partial charge on any atom is -0.453 e. The number of aromatic nitrogens is 1. The topological polar surface area (TPSA) is 359 Å². The highest BCUT2D eigenvalue weighted by Crippen LogP contribution is 2.48. The van der Waals surface area contributed by atoms with E-state index in [4.69, 9.17) is 30.5 Å². The Morgan fingerprint density at radius 3 is 1.02 bits per heavy atom. The predicted octanol–water partition coefficient (Wildman–Crippen LogP) is 14.4. The van der Waals surface area contributed by atoms with Gasteiger partial charge in [-0.3, -0.25) is 38.4 Å². The standard InChI is InChI=1S/C48H62FN7O8.C46H54ClN7O8/c1-47(2,3)39(52-45(61)63-7)43(59)54-25-11-17-37(54)41(57)50-32-15-9-13-29(27-32)35-23-24-36(56(35)34-21-19-31(49)20-22-34)30-14-10-16-33(28-30)51-42(58)38-18-12-26-55(38)44(60)40(48(4,5)6)53-46(62)64-8;1-27(2)39(50-45(59)61-5)43(57)52-25-7-9-37(52)41(55)48-32-17-11-29(12-18-32)35-23-24-36(54(35)34-21-15-31(47)16-22-34)30-13-19-33(20-14-30)49-42(56)38-10-8-26-53(38)44(58)40(28(3)4)51-46(60)62-6/h9-10,13-16,19-22,27-28,35-40H,11-12,17-18,23-26H2,1-8H3,(H,50,57)(H,51,58)(H,52,61)(H,53,62);11-24,27-28,37-40H,7-10,25-26H2,1-6H3,(H,48,55)(H,49,56)(H,50,59)(H,51,60)/t35-,36+,37-,38-,39+,40+;37-,38-,39-,40-/m00/s1. The number of anilines is 5. The minimum absolute atomic E-state index is 0.181. The van der Waals surface area contributed by atoms with Crippen molar-refractivity contribution in [1.82, 2.24) is 45.4 Å². The zero-order valence-electron chi connectivity index (χ0n) is 73.8. The first-order chi connectivity index (χ1) is 60.0. The SMILES string of the molecule is COC(=O)N[C@H](C(=O)N1CCC[C@H]1C(=O)Nc1ccc(-c2ccc(-c3ccc(NC(=O)[C@@H]4CCCN4C(=O)[C@@H](NC(=O)OC)C(C)C)cc3)n2-c2ccc(Cl)cc2)cc1)C(C)C.COC(=O)N[C@H](C(=O)N1CCC[C@H]1C(=O)Nc1cccc([C@H]2CC[C@@H](c3cccc(NC(=O)[C@@H]4CCCN4C(=O)[C@@H](NC(=O)OC)C(C)(C)C)c3)N2c2ccc(F)cc2)c1)C(C)(C)C. The number of rotatable bonds is 24. The summed E-state index contributed by atoms with van der Waals surface area (Å²) in [5.74, 6) is -3.42. The van der Waals surface area contributed by atoms with Crippen LogP contribution >= 0.6 is 11.6 Å². The van der Waals surface area contributed by atoms with E-state index in [-0.39, 0.29) is 77.0 Å². The third-order valence-electron chi connectivity index (χ3n) is 23.7. The molecule has 7 aromatic rings. The van der Waals surface area contributed by atoms with Crippen LogP contribution in [0.5, 0.6) is 0 Å². The molecule has 5 aliphatic rings. The number of benzene rings is 6. The van der Waals surface area contributed by atoms with E-state index in [0.29, 0.717) is 105 Å². The second-order valence-corrected chi connectivity index (χ2v) is 35.6. The van der Waals surface area contributed by atoms with Gasteiger partial charge >= 0.3 is 24.4 Å². The number of hydrogen-bond acceptors (Lipinski definition) is 17. The van der Waals surface area contributed by atoms with Gasteiger partial charge in [-0.1, -0.05) is 129 Å². The van der Waals surface area contributed by atoms with Gasteiger partial charge in [-0.15, -0.1) is 0 Å². The fraction of sp³-hybridized carbons (Fsp3) is 0.447. The molecular formula is C94H116ClFN14O16. The number of alkyl carbamates (subject to hydrolysis) is 4. The molecule has 0 bridgehead atoms. The van der Waals surface area contributed by atoms with Crippen molar-refractivity contribution < 1.29 is 80.9 Å². The molecule has 6 heterocycles. The van der Waals surface area contributed by atoms with Crippen LogP contribution in [0.4, 0.5) is 52.0 Å². The summed E-state index contributed by atoms with van der Waals surface area (Å²) >= 11 is 6.30. The van der Waals surface area contributed by atoms with Crippen molar-refractivity contribution in [3.8, 4) is 28.2 Å². The van der Waals surface area contributed by atoms with Crippen molar-refractivity contribution in [3.63, 3.8) is 0 Å². The summed E-state index contributed by atoms with van der Waals surface area (Å²) in [6, 6.07) is 41.3. The Balaban J connectivity index is 0.000000245. The van der Waals surface area contributed by atoms with E-state index in [1.807, 2.05) is 191 Å². The number of amides is 12. The Morgan fingerprint density at radius 1 is 0.381 bits per heavy atom. The number of ether oxygens (including phenoxy) is 4. The molecule has 12 amide bonds. The van der Waals surface area contributed by atoms with Crippen LogP contribution in [0.25, 0.3) is 28.2 Å². The van der Waals surface area contributed by atoms with Crippen LogP contribution < -0.4 is 47.4 Å². The lowest BCUT2D eigenvalue weighted by molar-refractivity contribution is -0.140. The third-order valence-corrected chi connectivity index (χ3v) is 24.0. The van der Waals surface area contributed by atoms with Gasteiger partial charge in [0.15, 0.2) is 0 Å². The largest absolute Gasteiger partial charge is 0.453 e. The van der Waals surface area contributed by atoms with Gasteiger partial charge in [0, 0.05) is 65.3 Å². The van der Waals surface area contributed by atoms with E-state index < -0.39 is 83.5 Å². The van der Waals surface area contributed by atoms with Crippen LogP contribution in [0.2, 0.25) is 5.02 Å². The average Bonchev–Trinajstić information content (AvgIpc) is 1.62. The lowest BCUT2D eigenvalue weighted by Crippen LogP contribution is -2.57. The van der Waals surface area contributed by atoms with Crippen molar-refractivity contribution in [2.24, 2.45) is 22.7 Å². The number of halogens is 2. The quantitative estimate of drug-likeness (QED) is 0.0261. The van der Waals surface area contributed by atoms with E-state index >= 15 is 0 Å². The molecule has 672 valence electrons. The molecule has 12 rings (SSSR count). The van der Waals surface area contributed by atoms with Gasteiger partial charge < -0.3 is 90.5 Å². The second-order valence-electron chi connectivity index (χ2n) is 35.1. The summed E-state index contributed by atoms with van der Waals surface area (Å²) in [4.78, 5) is 166. The lowest BCUT2D eigenvalue weighted by Gasteiger charge is -2.35. The van der Waals surface area contributed by atoms with Crippen molar-refractivity contribution >= 4 is 112 Å². The first kappa shape index (κ1) is 94.1. The number of carbonyl (C=O) groups excluding carboxylic acids is 12. The van der Waals surface area contributed by atoms with Gasteiger partial charge in [0.05, 0.1) is 51.9 Å². The molecule has 1 aromatic heterocycles. The van der Waals surface area contributed by atoms with Crippen molar-refractivity contribution in [3.05, 3.63) is 180 Å². The summed E-state index contributed by atoms with van der Waals surface area (Å²) in [5, 5.41) is 23.2. The molecule has 5 aliphatic heterocycles. The van der Waals surface area contributed by atoms with Gasteiger partial charge in [0.2, 0.25) is 47.3 Å². The summed E-state index contributed by atoms with van der Waals surface area (Å²) in [5.41, 5.74) is 7.94. The molecule has 10 atom stereocenters. The molecule has 0 spiro atoms. The number of hydrogen-bond donors (Lipinski definition) is 8. The second kappa shape index (κ2) is 41.5. The third kappa shape index (κ3) is 22.6. The molecule has 30 nitrogen and oxygen atoms in total. The van der Waals surface area contributed by atoms with Crippen LogP contribution in [0.1, 0.15) is 157 Å². The molecule has 5 fully saturated rings. The first-order valence-corrected chi connectivity index (χ1v) is 43.1. The predicted molar refractivity (Wildman–Crippen MR) is 477 cm³/mol. The molecule has 0 radical (unpaired) electrons. The molecule has 0 saturated carbocycles. The Morgan fingerprint density at radius 2 is 0.698 bits per heavy atom. The van der Waals surface area contributed by atoms with Crippen LogP contribution in [0, 0.1) is 28.5 Å². The fourth-order valence-corrected chi connectivity index (χ4v) is 17.3. The van der Waals surface area contributed by atoms with E-state index in [2.05, 4.69) is 52.0 Å². The number of likely N-dealkylation sites (tertiary alicyclic amines) is 4. The van der Waals surface area contributed by atoms with Crippen molar-refractivity contribution in [2.75, 3.05) is 80.8 Å². The van der Waals surface area contributed by atoms with E-state index in [9.17, 15) is 61.9 Å². The first-order valence-electron chi connectivity index (χ1n) is 42.8. The Labute approximate surface area is 739 Å². The average molecular weight is 1750 g/mol. The van der Waals surface area contributed by atoms with E-state index in [1.165, 1.54) is 60.2 Å². The molecule has 126 heavy (non-hydrogen) atoms. The van der Waals surface area contributed by atoms with E-state index in [0.717, 1.165) is 57.9 Å². The number of carbonyl (C=O) groups is 12. The van der Waals surface area contributed by atoms with Crippen LogP contribution in [-0.4, -0.2) is 199 Å². The Bertz CT molecular complexity index is 4830. The maximum Gasteiger partial charge on any atom is 0.407 e. The normalized spacial score (nSPS) is 19.0. The summed E-state index contributed by atoms with van der Waals surface area (Å²) < 4.78 is 35.4. The molecule has 5 saturated heterocycles. The Kier molecular flexibility index (Phi) is 31.0. The maximum absolute atomic E-state index is 14.3. The number of methoxy groups -OCH3 is 4. The zero-order chi connectivity index (χ0) is 91.2. The minimum atomic E-state index is -0.903. The Hall–Kier alpha value is -12.5. The van der Waals surface area contributed by atoms with Gasteiger partial charge in [-0.25, -0.2) is 23.6 Å². The van der Waals surface area contributed by atoms with Gasteiger partial charge in [-0.05, 0) is 218 Å². The van der Waals surface area contributed by atoms with Gasteiger partial charge in [0.25, 0.3) is 0 Å². The molecular weight excluding hydrogens is 1640 g/mol. The fourth-order valence-electron chi connectivity index (χ4n) is 17.1. The highest BCUT2D eigenvalue weighted by atomic mass is 35.5. The molecule has 6 aromatic carbocycles. The van der Waals surface area contributed by atoms with Crippen LogP contribution in [0.3, 0.4) is 0 Å². The van der Waals surface area contributed by atoms with Gasteiger partial charge in [-0.2, -0.15) is 0 Å². The molecule has 32 heteroatoms. The summed E-state index contributed by atoms with van der Waals surface area (Å²) in [6.07, 6.45) is 3.10. The summed E-state index contributed by atoms with van der Waals surface area (Å²) in [7, 11) is 4.95. The van der Waals surface area contributed by atoms with E-state index in [1.54, 1.807) is 24.3 Å². The van der Waals surface area contributed by atoms with Crippen molar-refractivity contribution in [1.29, 1.82) is 0 Å². The van der Waals surface area contributed by atoms with Gasteiger partial charge in [0.1, 0.15) is 54.2 Å². The molecule has 8 N–H and O–H groups in total. The summed E-state index contributed by atoms with van der Waals surface area (Å²) in [6.45, 7) is 19.9. The van der Waals surface area contributed by atoms with Crippen molar-refractivity contribution in [2.45, 2.75) is 194 Å². The number of nitrogens with zero attached hydrogens (tertiary/aromatic N) is 6. The highest BCUT2D eigenvalue weighted by Gasteiger charge is 2.47. The zero-order valence-corrected chi connectivity index (χ0v) is 74.6. The maximum atomic E-state index is 14.3. The highest BCUT2D eigenvalue weighted by molar-refractivity contribution is 6.30. The molecule has 0 unspecified atom stereocenters.